The molecule has 0 spiro atoms. The van der Waals surface area contributed by atoms with Gasteiger partial charge in [-0.15, -0.1) is 0 Å². The smallest absolute Gasteiger partial charge is 0.178 e. The summed E-state index contributed by atoms with van der Waals surface area (Å²) < 4.78 is 4.53. The second-order valence-corrected chi connectivity index (χ2v) is 19.0. The zero-order valence-corrected chi connectivity index (χ0v) is 13.7. The van der Waals surface area contributed by atoms with Crippen LogP contribution < -0.4 is 0 Å². The molecule has 1 unspecified atom stereocenters. The molecule has 86 valence electrons. The van der Waals surface area contributed by atoms with Gasteiger partial charge in [-0.1, -0.05) is 23.5 Å². The van der Waals surface area contributed by atoms with E-state index in [2.05, 4.69) is 42.5 Å². The molecular formula is C10H16IOPS2. The third kappa shape index (κ3) is 2.65. The van der Waals surface area contributed by atoms with Gasteiger partial charge < -0.3 is 4.52 Å². The molecule has 0 aromatic heterocycles. The summed E-state index contributed by atoms with van der Waals surface area (Å²) in [6, 6.07) is 0. The van der Waals surface area contributed by atoms with E-state index < -0.39 is 3.11 Å². The van der Waals surface area contributed by atoms with Gasteiger partial charge in [0.1, 0.15) is 0 Å². The first-order valence-corrected chi connectivity index (χ1v) is 12.2. The molecule has 0 bridgehead atoms. The second-order valence-electron chi connectivity index (χ2n) is 4.75. The standard InChI is InChI=1S/C10H16IOPS2/c1-7(2)8-4-5-10(3)9(6-8)15-13(11,14)12-10/h8-9H,1,4-6H2,2-3H3/t8-,9+,10?,13+/m1/s1. The molecule has 2 aliphatic rings. The van der Waals surface area contributed by atoms with Gasteiger partial charge in [0.25, 0.3) is 0 Å². The van der Waals surface area contributed by atoms with Crippen LogP contribution in [0.4, 0.5) is 0 Å². The number of allylic oxidation sites excluding steroid dienone is 1. The molecule has 1 aliphatic heterocycles. The highest BCUT2D eigenvalue weighted by atomic mass is 127. The van der Waals surface area contributed by atoms with Crippen LogP contribution in [0.3, 0.4) is 0 Å². The molecule has 2 rings (SSSR count). The molecule has 0 N–H and O–H groups in total. The SMILES string of the molecule is C=C(C)[C@@H]1CCC2(C)O[P@](=S)(I)S[C@H]2C1. The van der Waals surface area contributed by atoms with E-state index in [-0.39, 0.29) is 5.60 Å². The van der Waals surface area contributed by atoms with Gasteiger partial charge in [-0.25, -0.2) is 0 Å². The highest BCUT2D eigenvalue weighted by Crippen LogP contribution is 2.78. The molecule has 15 heavy (non-hydrogen) atoms. The van der Waals surface area contributed by atoms with Crippen molar-refractivity contribution in [3.63, 3.8) is 0 Å². The third-order valence-electron chi connectivity index (χ3n) is 3.44. The maximum Gasteiger partial charge on any atom is 0.178 e. The first-order chi connectivity index (χ1) is 6.82. The molecule has 0 aromatic carbocycles. The number of hydrogen-bond donors (Lipinski definition) is 0. The van der Waals surface area contributed by atoms with E-state index in [1.54, 1.807) is 0 Å². The Kier molecular flexibility index (Phi) is 3.67. The quantitative estimate of drug-likeness (QED) is 0.367. The first kappa shape index (κ1) is 12.9. The molecule has 1 saturated carbocycles. The highest BCUT2D eigenvalue weighted by molar-refractivity contribution is 14.2. The van der Waals surface area contributed by atoms with E-state index in [0.717, 1.165) is 6.42 Å². The van der Waals surface area contributed by atoms with Crippen molar-refractivity contribution in [3.8, 4) is 0 Å². The Balaban J connectivity index is 2.16. The minimum atomic E-state index is -1.58. The van der Waals surface area contributed by atoms with Crippen molar-refractivity contribution in [2.45, 2.75) is 44.0 Å². The minimum Gasteiger partial charge on any atom is -0.327 e. The van der Waals surface area contributed by atoms with E-state index in [0.29, 0.717) is 11.2 Å². The zero-order valence-electron chi connectivity index (χ0n) is 9.03. The number of hydrogen-bond acceptors (Lipinski definition) is 3. The molecule has 5 heteroatoms. The number of halogens is 1. The predicted molar refractivity (Wildman–Crippen MR) is 81.3 cm³/mol. The summed E-state index contributed by atoms with van der Waals surface area (Å²) >= 11 is 9.79. The monoisotopic (exact) mass is 374 g/mol. The van der Waals surface area contributed by atoms with Crippen LogP contribution in [0.5, 0.6) is 0 Å². The second kappa shape index (κ2) is 4.27. The molecule has 0 amide bonds. The van der Waals surface area contributed by atoms with Crippen LogP contribution >= 0.6 is 36.5 Å². The topological polar surface area (TPSA) is 9.23 Å². The van der Waals surface area contributed by atoms with Crippen molar-refractivity contribution in [1.29, 1.82) is 0 Å². The maximum absolute atomic E-state index is 6.11. The Morgan fingerprint density at radius 1 is 1.73 bits per heavy atom. The lowest BCUT2D eigenvalue weighted by Gasteiger charge is -2.37. The van der Waals surface area contributed by atoms with E-state index in [9.17, 15) is 0 Å². The summed E-state index contributed by atoms with van der Waals surface area (Å²) in [7, 11) is 0. The summed E-state index contributed by atoms with van der Waals surface area (Å²) in [4.78, 5) is 0. The van der Waals surface area contributed by atoms with E-state index in [4.69, 9.17) is 16.3 Å². The van der Waals surface area contributed by atoms with Gasteiger partial charge in [0.2, 0.25) is 0 Å². The molecule has 0 radical (unpaired) electrons. The fourth-order valence-corrected chi connectivity index (χ4v) is 12.0. The van der Waals surface area contributed by atoms with Crippen molar-refractivity contribution in [3.05, 3.63) is 12.2 Å². The van der Waals surface area contributed by atoms with E-state index >= 15 is 0 Å². The molecule has 2 fully saturated rings. The Morgan fingerprint density at radius 3 is 3.00 bits per heavy atom. The van der Waals surface area contributed by atoms with Crippen molar-refractivity contribution in [2.24, 2.45) is 5.92 Å². The fraction of sp³-hybridized carbons (Fsp3) is 0.800. The lowest BCUT2D eigenvalue weighted by atomic mass is 9.77. The lowest BCUT2D eigenvalue weighted by Crippen LogP contribution is -2.40. The molecule has 4 atom stereocenters. The van der Waals surface area contributed by atoms with Crippen LogP contribution in [0.2, 0.25) is 0 Å². The molecule has 1 aliphatic carbocycles. The number of fused-ring (bicyclic) bond motifs is 1. The fourth-order valence-electron chi connectivity index (χ4n) is 2.38. The highest BCUT2D eigenvalue weighted by Gasteiger charge is 2.51. The van der Waals surface area contributed by atoms with Crippen molar-refractivity contribution >= 4 is 48.3 Å². The average Bonchev–Trinajstić information content (AvgIpc) is 2.31. The number of rotatable bonds is 1. The van der Waals surface area contributed by atoms with Gasteiger partial charge in [0.05, 0.1) is 5.60 Å². The van der Waals surface area contributed by atoms with Crippen molar-refractivity contribution < 1.29 is 4.52 Å². The average molecular weight is 374 g/mol. The maximum atomic E-state index is 6.11. The molecule has 1 saturated heterocycles. The Hall–Kier alpha value is 1.43. The molecule has 1 heterocycles. The van der Waals surface area contributed by atoms with Crippen molar-refractivity contribution in [2.75, 3.05) is 0 Å². The van der Waals surface area contributed by atoms with Crippen LogP contribution in [0.1, 0.15) is 33.1 Å². The van der Waals surface area contributed by atoms with Crippen LogP contribution in [0, 0.1) is 5.92 Å². The third-order valence-corrected chi connectivity index (χ3v) is 10.6. The Labute approximate surface area is 114 Å². The van der Waals surface area contributed by atoms with Gasteiger partial charge in [-0.05, 0) is 50.8 Å². The van der Waals surface area contributed by atoms with Crippen LogP contribution in [-0.2, 0) is 16.3 Å². The normalized spacial score (nSPS) is 50.1. The van der Waals surface area contributed by atoms with Crippen LogP contribution in [0.15, 0.2) is 12.2 Å². The van der Waals surface area contributed by atoms with Crippen molar-refractivity contribution in [1.82, 2.24) is 0 Å². The van der Waals surface area contributed by atoms with E-state index in [1.165, 1.54) is 18.4 Å². The summed E-state index contributed by atoms with van der Waals surface area (Å²) in [6.07, 6.45) is 3.57. The van der Waals surface area contributed by atoms with Gasteiger partial charge >= 0.3 is 0 Å². The molecule has 0 aromatic rings. The van der Waals surface area contributed by atoms with E-state index in [1.807, 2.05) is 11.4 Å². The summed E-state index contributed by atoms with van der Waals surface area (Å²) in [5.41, 5.74) is 1.37. The van der Waals surface area contributed by atoms with Gasteiger partial charge in [-0.3, -0.25) is 0 Å². The Bertz CT molecular complexity index is 346. The molecule has 1 nitrogen and oxygen atoms in total. The van der Waals surface area contributed by atoms with Crippen LogP contribution in [0.25, 0.3) is 0 Å². The van der Waals surface area contributed by atoms with Crippen LogP contribution in [-0.4, -0.2) is 10.9 Å². The zero-order chi connectivity index (χ0) is 11.3. The van der Waals surface area contributed by atoms with Gasteiger partial charge in [0.15, 0.2) is 3.11 Å². The summed E-state index contributed by atoms with van der Waals surface area (Å²) in [5, 5.41) is 0.593. The summed E-state index contributed by atoms with van der Waals surface area (Å²) in [5.74, 6) is 0.684. The largest absolute Gasteiger partial charge is 0.327 e. The minimum absolute atomic E-state index is 0.0489. The predicted octanol–water partition coefficient (Wildman–Crippen LogP) is 4.91. The lowest BCUT2D eigenvalue weighted by molar-refractivity contribution is 0.0701. The first-order valence-electron chi connectivity index (χ1n) is 5.17. The Morgan fingerprint density at radius 2 is 2.40 bits per heavy atom. The van der Waals surface area contributed by atoms with Gasteiger partial charge in [0, 0.05) is 27.3 Å². The summed E-state index contributed by atoms with van der Waals surface area (Å²) in [6.45, 7) is 8.47. The van der Waals surface area contributed by atoms with Gasteiger partial charge in [-0.2, -0.15) is 0 Å². The molecular weight excluding hydrogens is 358 g/mol.